The first-order valence-electron chi connectivity index (χ1n) is 6.91. The highest BCUT2D eigenvalue weighted by molar-refractivity contribution is 7.89. The van der Waals surface area contributed by atoms with Gasteiger partial charge in [0.15, 0.2) is 0 Å². The van der Waals surface area contributed by atoms with Gasteiger partial charge in [-0.2, -0.15) is 0 Å². The maximum absolute atomic E-state index is 12.6. The van der Waals surface area contributed by atoms with Crippen molar-refractivity contribution in [3.63, 3.8) is 0 Å². The molecule has 0 unspecified atom stereocenters. The second-order valence-electron chi connectivity index (χ2n) is 5.47. The van der Waals surface area contributed by atoms with Crippen LogP contribution in [-0.4, -0.2) is 31.4 Å². The van der Waals surface area contributed by atoms with E-state index in [9.17, 15) is 13.5 Å². The van der Waals surface area contributed by atoms with Crippen molar-refractivity contribution < 1.29 is 13.5 Å². The number of aliphatic hydroxyl groups excluding tert-OH is 1. The van der Waals surface area contributed by atoms with Crippen LogP contribution in [0.4, 0.5) is 0 Å². The molecule has 0 spiro atoms. The largest absolute Gasteiger partial charge is 0.392 e. The molecule has 118 valence electrons. The Morgan fingerprint density at radius 3 is 2.43 bits per heavy atom. The summed E-state index contributed by atoms with van der Waals surface area (Å²) in [6, 6.07) is 2.72. The Morgan fingerprint density at radius 1 is 1.24 bits per heavy atom. The fourth-order valence-electron chi connectivity index (χ4n) is 2.71. The van der Waals surface area contributed by atoms with E-state index in [2.05, 4.69) is 0 Å². The molecule has 2 rings (SSSR count). The van der Waals surface area contributed by atoms with Gasteiger partial charge in [0.05, 0.1) is 11.6 Å². The number of sulfonamides is 1. The molecule has 1 aliphatic carbocycles. The summed E-state index contributed by atoms with van der Waals surface area (Å²) in [5.41, 5.74) is 0.355. The van der Waals surface area contributed by atoms with E-state index in [4.69, 9.17) is 23.2 Å². The fraction of sp³-hybridized carbons (Fsp3) is 0.571. The lowest BCUT2D eigenvalue weighted by atomic mass is 10.1. The zero-order valence-electron chi connectivity index (χ0n) is 11.8. The van der Waals surface area contributed by atoms with E-state index < -0.39 is 10.0 Å². The van der Waals surface area contributed by atoms with E-state index in [0.29, 0.717) is 18.0 Å². The average Bonchev–Trinajstić information content (AvgIpc) is 2.91. The first-order valence-corrected chi connectivity index (χ1v) is 9.11. The maximum atomic E-state index is 12.6. The molecule has 4 nitrogen and oxygen atoms in total. The molecule has 1 saturated carbocycles. The summed E-state index contributed by atoms with van der Waals surface area (Å²) < 4.78 is 26.6. The van der Waals surface area contributed by atoms with Crippen LogP contribution in [0.2, 0.25) is 10.0 Å². The summed E-state index contributed by atoms with van der Waals surface area (Å²) >= 11 is 11.9. The molecule has 0 bridgehead atoms. The molecule has 1 aliphatic rings. The molecule has 0 aliphatic heterocycles. The van der Waals surface area contributed by atoms with Crippen LogP contribution < -0.4 is 0 Å². The lowest BCUT2D eigenvalue weighted by Crippen LogP contribution is -2.31. The third-order valence-electron chi connectivity index (χ3n) is 3.95. The van der Waals surface area contributed by atoms with Crippen molar-refractivity contribution in [1.29, 1.82) is 0 Å². The van der Waals surface area contributed by atoms with Crippen LogP contribution >= 0.6 is 23.2 Å². The van der Waals surface area contributed by atoms with E-state index in [-0.39, 0.29) is 21.5 Å². The number of nitrogens with zero attached hydrogens (tertiary/aromatic N) is 1. The van der Waals surface area contributed by atoms with Gasteiger partial charge in [-0.3, -0.25) is 0 Å². The predicted octanol–water partition coefficient (Wildman–Crippen LogP) is 3.30. The molecular weight excluding hydrogens is 333 g/mol. The van der Waals surface area contributed by atoms with Crippen molar-refractivity contribution in [2.24, 2.45) is 5.92 Å². The second-order valence-corrected chi connectivity index (χ2v) is 8.30. The van der Waals surface area contributed by atoms with Gasteiger partial charge >= 0.3 is 0 Å². The summed E-state index contributed by atoms with van der Waals surface area (Å²) in [7, 11) is -2.11. The molecule has 0 atom stereocenters. The van der Waals surface area contributed by atoms with Crippen molar-refractivity contribution in [2.45, 2.75) is 37.2 Å². The molecule has 7 heteroatoms. The van der Waals surface area contributed by atoms with Gasteiger partial charge < -0.3 is 5.11 Å². The van der Waals surface area contributed by atoms with Gasteiger partial charge in [0, 0.05) is 18.6 Å². The zero-order valence-corrected chi connectivity index (χ0v) is 14.2. The normalized spacial score (nSPS) is 16.8. The Hall–Kier alpha value is -0.330. The Balaban J connectivity index is 2.29. The number of rotatable bonds is 5. The molecule has 0 radical (unpaired) electrons. The molecule has 21 heavy (non-hydrogen) atoms. The van der Waals surface area contributed by atoms with E-state index in [1.165, 1.54) is 16.4 Å². The molecule has 0 saturated heterocycles. The van der Waals surface area contributed by atoms with E-state index >= 15 is 0 Å². The number of aliphatic hydroxyl groups is 1. The van der Waals surface area contributed by atoms with Crippen molar-refractivity contribution in [1.82, 2.24) is 4.31 Å². The zero-order chi connectivity index (χ0) is 15.6. The summed E-state index contributed by atoms with van der Waals surface area (Å²) in [5.74, 6) is 0.410. The lowest BCUT2D eigenvalue weighted by molar-refractivity contribution is 0.281. The average molecular weight is 352 g/mol. The molecule has 0 amide bonds. The third kappa shape index (κ3) is 3.71. The van der Waals surface area contributed by atoms with E-state index in [1.54, 1.807) is 7.05 Å². The van der Waals surface area contributed by atoms with Crippen molar-refractivity contribution in [3.8, 4) is 0 Å². The first kappa shape index (κ1) is 17.0. The highest BCUT2D eigenvalue weighted by Crippen LogP contribution is 2.32. The van der Waals surface area contributed by atoms with Gasteiger partial charge in [-0.05, 0) is 36.5 Å². The van der Waals surface area contributed by atoms with Gasteiger partial charge in [0.1, 0.15) is 4.90 Å². The number of hydrogen-bond acceptors (Lipinski definition) is 3. The van der Waals surface area contributed by atoms with E-state index in [1.807, 2.05) is 0 Å². The first-order chi connectivity index (χ1) is 9.86. The summed E-state index contributed by atoms with van der Waals surface area (Å²) in [6.07, 6.45) is 4.45. The topological polar surface area (TPSA) is 57.6 Å². The smallest absolute Gasteiger partial charge is 0.244 e. The van der Waals surface area contributed by atoms with Crippen molar-refractivity contribution in [3.05, 3.63) is 27.7 Å². The molecule has 1 fully saturated rings. The standard InChI is InChI=1S/C14H19Cl2NO3S/c1-17(8-10-4-2-3-5-10)21(19,20)14-6-11(9-18)12(15)7-13(14)16/h6-7,10,18H,2-5,8-9H2,1H3. The van der Waals surface area contributed by atoms with E-state index in [0.717, 1.165) is 25.7 Å². The Kier molecular flexibility index (Phi) is 5.54. The van der Waals surface area contributed by atoms with Gasteiger partial charge in [0.2, 0.25) is 10.0 Å². The minimum Gasteiger partial charge on any atom is -0.392 e. The SMILES string of the molecule is CN(CC1CCCC1)S(=O)(=O)c1cc(CO)c(Cl)cc1Cl. The lowest BCUT2D eigenvalue weighted by Gasteiger charge is -2.21. The highest BCUT2D eigenvalue weighted by Gasteiger charge is 2.28. The minimum absolute atomic E-state index is 0.00175. The van der Waals surface area contributed by atoms with Gasteiger partial charge in [-0.25, -0.2) is 12.7 Å². The monoisotopic (exact) mass is 351 g/mol. The summed E-state index contributed by atoms with van der Waals surface area (Å²) in [4.78, 5) is -0.00175. The Labute approximate surface area is 135 Å². The molecule has 0 aromatic heterocycles. The van der Waals surface area contributed by atoms with Crippen LogP contribution in [0.25, 0.3) is 0 Å². The van der Waals surface area contributed by atoms with Crippen molar-refractivity contribution in [2.75, 3.05) is 13.6 Å². The number of halogens is 2. The Bertz CT molecular complexity index is 613. The molecule has 0 heterocycles. The maximum Gasteiger partial charge on any atom is 0.244 e. The molecule has 1 N–H and O–H groups in total. The van der Waals surface area contributed by atoms with Crippen LogP contribution in [0.15, 0.2) is 17.0 Å². The highest BCUT2D eigenvalue weighted by atomic mass is 35.5. The quantitative estimate of drug-likeness (QED) is 0.885. The fourth-order valence-corrected chi connectivity index (χ4v) is 4.79. The van der Waals surface area contributed by atoms with Gasteiger partial charge in [0.25, 0.3) is 0 Å². The second kappa shape index (κ2) is 6.84. The minimum atomic E-state index is -3.67. The number of benzene rings is 1. The third-order valence-corrected chi connectivity index (χ3v) is 6.59. The Morgan fingerprint density at radius 2 is 1.86 bits per heavy atom. The van der Waals surface area contributed by atoms with Crippen LogP contribution in [0, 0.1) is 5.92 Å². The van der Waals surface area contributed by atoms with Crippen molar-refractivity contribution >= 4 is 33.2 Å². The predicted molar refractivity (Wildman–Crippen MR) is 84.2 cm³/mol. The van der Waals surface area contributed by atoms with Crippen LogP contribution in [-0.2, 0) is 16.6 Å². The van der Waals surface area contributed by atoms with Crippen LogP contribution in [0.1, 0.15) is 31.2 Å². The summed E-state index contributed by atoms with van der Waals surface area (Å²) in [5, 5.41) is 9.57. The van der Waals surface area contributed by atoms with Gasteiger partial charge in [-0.1, -0.05) is 36.0 Å². The van der Waals surface area contributed by atoms with Crippen LogP contribution in [0.3, 0.4) is 0 Å². The van der Waals surface area contributed by atoms with Crippen LogP contribution in [0.5, 0.6) is 0 Å². The van der Waals surface area contributed by atoms with Gasteiger partial charge in [-0.15, -0.1) is 0 Å². The molecule has 1 aromatic rings. The number of hydrogen-bond donors (Lipinski definition) is 1. The summed E-state index contributed by atoms with van der Waals surface area (Å²) in [6.45, 7) is 0.167. The molecule has 1 aromatic carbocycles. The molecular formula is C14H19Cl2NO3S.